The molecule has 0 spiro atoms. The standard InChI is InChI=1S/C18H22N2O3S/c1-14(2)12-20-24(22,23)17-10-8-16(9-11-17)18(21)19-13-15-6-4-3-5-7-15/h3-11,14,20H,12-13H2,1-2H3,(H,19,21). The molecular weight excluding hydrogens is 324 g/mol. The molecule has 24 heavy (non-hydrogen) atoms. The van der Waals surface area contributed by atoms with Crippen LogP contribution in [0.15, 0.2) is 59.5 Å². The van der Waals surface area contributed by atoms with Crippen LogP contribution in [-0.2, 0) is 16.6 Å². The molecule has 128 valence electrons. The first kappa shape index (κ1) is 18.2. The van der Waals surface area contributed by atoms with Crippen molar-refractivity contribution in [2.75, 3.05) is 6.54 Å². The number of hydrogen-bond donors (Lipinski definition) is 2. The summed E-state index contributed by atoms with van der Waals surface area (Å²) in [7, 11) is -3.53. The van der Waals surface area contributed by atoms with E-state index in [4.69, 9.17) is 0 Å². The van der Waals surface area contributed by atoms with Crippen LogP contribution in [0.25, 0.3) is 0 Å². The van der Waals surface area contributed by atoms with Crippen molar-refractivity contribution >= 4 is 15.9 Å². The first-order valence-corrected chi connectivity index (χ1v) is 9.28. The van der Waals surface area contributed by atoms with Gasteiger partial charge in [0.15, 0.2) is 0 Å². The van der Waals surface area contributed by atoms with Crippen LogP contribution in [0.4, 0.5) is 0 Å². The molecule has 0 aliphatic carbocycles. The van der Waals surface area contributed by atoms with Gasteiger partial charge in [0.1, 0.15) is 0 Å². The monoisotopic (exact) mass is 346 g/mol. The Morgan fingerprint density at radius 2 is 1.62 bits per heavy atom. The molecule has 0 aromatic heterocycles. The number of nitrogens with one attached hydrogen (secondary N) is 2. The lowest BCUT2D eigenvalue weighted by atomic mass is 10.2. The van der Waals surface area contributed by atoms with E-state index >= 15 is 0 Å². The molecule has 2 aromatic carbocycles. The minimum atomic E-state index is -3.53. The lowest BCUT2D eigenvalue weighted by Gasteiger charge is -2.10. The van der Waals surface area contributed by atoms with Crippen LogP contribution in [0.3, 0.4) is 0 Å². The molecular formula is C18H22N2O3S. The van der Waals surface area contributed by atoms with Crippen LogP contribution >= 0.6 is 0 Å². The highest BCUT2D eigenvalue weighted by Crippen LogP contribution is 2.11. The highest BCUT2D eigenvalue weighted by molar-refractivity contribution is 7.89. The Balaban J connectivity index is 1.99. The van der Waals surface area contributed by atoms with Crippen LogP contribution in [0, 0.1) is 5.92 Å². The van der Waals surface area contributed by atoms with E-state index in [-0.39, 0.29) is 16.7 Å². The zero-order chi connectivity index (χ0) is 17.6. The zero-order valence-corrected chi connectivity index (χ0v) is 14.6. The van der Waals surface area contributed by atoms with E-state index < -0.39 is 10.0 Å². The molecule has 0 fully saturated rings. The summed E-state index contributed by atoms with van der Waals surface area (Å²) in [6, 6.07) is 15.5. The van der Waals surface area contributed by atoms with Crippen molar-refractivity contribution in [3.63, 3.8) is 0 Å². The highest BCUT2D eigenvalue weighted by Gasteiger charge is 2.15. The normalized spacial score (nSPS) is 11.5. The Morgan fingerprint density at radius 3 is 2.21 bits per heavy atom. The van der Waals surface area contributed by atoms with Crippen LogP contribution in [0.2, 0.25) is 0 Å². The van der Waals surface area contributed by atoms with Crippen LogP contribution in [0.5, 0.6) is 0 Å². The summed E-state index contributed by atoms with van der Waals surface area (Å²) >= 11 is 0. The molecule has 0 bridgehead atoms. The van der Waals surface area contributed by atoms with Gasteiger partial charge in [-0.25, -0.2) is 13.1 Å². The van der Waals surface area contributed by atoms with Gasteiger partial charge in [-0.15, -0.1) is 0 Å². The fourth-order valence-corrected chi connectivity index (χ4v) is 3.24. The molecule has 0 heterocycles. The molecule has 5 nitrogen and oxygen atoms in total. The van der Waals surface area contributed by atoms with Crippen LogP contribution in [-0.4, -0.2) is 20.9 Å². The summed E-state index contributed by atoms with van der Waals surface area (Å²) in [6.45, 7) is 4.67. The highest BCUT2D eigenvalue weighted by atomic mass is 32.2. The summed E-state index contributed by atoms with van der Waals surface area (Å²) in [4.78, 5) is 12.3. The van der Waals surface area contributed by atoms with Gasteiger partial charge in [-0.2, -0.15) is 0 Å². The number of sulfonamides is 1. The van der Waals surface area contributed by atoms with Crippen molar-refractivity contribution < 1.29 is 13.2 Å². The van der Waals surface area contributed by atoms with Crippen molar-refractivity contribution in [1.82, 2.24) is 10.0 Å². The Hall–Kier alpha value is -2.18. The van der Waals surface area contributed by atoms with Gasteiger partial charge in [0.25, 0.3) is 5.91 Å². The second kappa shape index (κ2) is 8.08. The maximum absolute atomic E-state index is 12.1. The molecule has 0 saturated heterocycles. The van der Waals surface area contributed by atoms with Crippen molar-refractivity contribution in [1.29, 1.82) is 0 Å². The number of hydrogen-bond acceptors (Lipinski definition) is 3. The molecule has 2 N–H and O–H groups in total. The minimum Gasteiger partial charge on any atom is -0.348 e. The Kier molecular flexibility index (Phi) is 6.11. The fourth-order valence-electron chi connectivity index (χ4n) is 2.03. The Bertz CT molecular complexity index is 770. The summed E-state index contributed by atoms with van der Waals surface area (Å²) in [5.74, 6) is -0.0132. The van der Waals surface area contributed by atoms with Gasteiger partial charge in [-0.1, -0.05) is 44.2 Å². The average molecular weight is 346 g/mol. The van der Waals surface area contributed by atoms with Crippen molar-refractivity contribution in [3.8, 4) is 0 Å². The summed E-state index contributed by atoms with van der Waals surface area (Å²) in [5.41, 5.74) is 1.43. The topological polar surface area (TPSA) is 75.3 Å². The van der Waals surface area contributed by atoms with Crippen LogP contribution in [0.1, 0.15) is 29.8 Å². The third-order valence-corrected chi connectivity index (χ3v) is 4.84. The van der Waals surface area contributed by atoms with Crippen molar-refractivity contribution in [2.24, 2.45) is 5.92 Å². The molecule has 0 aliphatic rings. The fraction of sp³-hybridized carbons (Fsp3) is 0.278. The lowest BCUT2D eigenvalue weighted by molar-refractivity contribution is 0.0951. The summed E-state index contributed by atoms with van der Waals surface area (Å²) in [6.07, 6.45) is 0. The first-order valence-electron chi connectivity index (χ1n) is 7.80. The summed E-state index contributed by atoms with van der Waals surface area (Å²) < 4.78 is 26.8. The number of carbonyl (C=O) groups excluding carboxylic acids is 1. The Labute approximate surface area is 143 Å². The van der Waals surface area contributed by atoms with Gasteiger partial charge in [0, 0.05) is 18.7 Å². The van der Waals surface area contributed by atoms with E-state index in [2.05, 4.69) is 10.0 Å². The molecule has 2 rings (SSSR count). The van der Waals surface area contributed by atoms with Crippen molar-refractivity contribution in [2.45, 2.75) is 25.3 Å². The largest absolute Gasteiger partial charge is 0.348 e. The molecule has 6 heteroatoms. The van der Waals surface area contributed by atoms with E-state index in [0.29, 0.717) is 18.7 Å². The molecule has 0 atom stereocenters. The molecule has 0 radical (unpaired) electrons. The molecule has 1 amide bonds. The third kappa shape index (κ3) is 5.18. The van der Waals surface area contributed by atoms with E-state index in [1.807, 2.05) is 44.2 Å². The zero-order valence-electron chi connectivity index (χ0n) is 13.8. The lowest BCUT2D eigenvalue weighted by Crippen LogP contribution is -2.27. The van der Waals surface area contributed by atoms with Gasteiger partial charge < -0.3 is 5.32 Å². The second-order valence-electron chi connectivity index (χ2n) is 5.94. The average Bonchev–Trinajstić information content (AvgIpc) is 2.59. The number of amides is 1. The molecule has 0 aliphatic heterocycles. The summed E-state index contributed by atoms with van der Waals surface area (Å²) in [5, 5.41) is 2.81. The molecule has 0 unspecified atom stereocenters. The van der Waals surface area contributed by atoms with Gasteiger partial charge in [-0.05, 0) is 35.7 Å². The first-order chi connectivity index (χ1) is 11.4. The van der Waals surface area contributed by atoms with E-state index in [1.165, 1.54) is 24.3 Å². The maximum Gasteiger partial charge on any atom is 0.251 e. The van der Waals surface area contributed by atoms with Crippen LogP contribution < -0.4 is 10.0 Å². The van der Waals surface area contributed by atoms with Gasteiger partial charge in [0.05, 0.1) is 4.90 Å². The molecule has 0 saturated carbocycles. The maximum atomic E-state index is 12.1. The minimum absolute atomic E-state index is 0.155. The van der Waals surface area contributed by atoms with E-state index in [9.17, 15) is 13.2 Å². The van der Waals surface area contributed by atoms with Gasteiger partial charge in [-0.3, -0.25) is 4.79 Å². The predicted octanol–water partition coefficient (Wildman–Crippen LogP) is 2.55. The van der Waals surface area contributed by atoms with E-state index in [0.717, 1.165) is 5.56 Å². The quantitative estimate of drug-likeness (QED) is 0.809. The second-order valence-corrected chi connectivity index (χ2v) is 7.71. The van der Waals surface area contributed by atoms with Crippen molar-refractivity contribution in [3.05, 3.63) is 65.7 Å². The van der Waals surface area contributed by atoms with Gasteiger partial charge >= 0.3 is 0 Å². The smallest absolute Gasteiger partial charge is 0.251 e. The predicted molar refractivity (Wildman–Crippen MR) is 94.1 cm³/mol. The van der Waals surface area contributed by atoms with E-state index in [1.54, 1.807) is 0 Å². The number of benzene rings is 2. The van der Waals surface area contributed by atoms with Gasteiger partial charge in [0.2, 0.25) is 10.0 Å². The number of rotatable bonds is 7. The Morgan fingerprint density at radius 1 is 1.00 bits per heavy atom. The SMILES string of the molecule is CC(C)CNS(=O)(=O)c1ccc(C(=O)NCc2ccccc2)cc1. The number of carbonyl (C=O) groups is 1. The molecule has 2 aromatic rings. The third-order valence-electron chi connectivity index (χ3n) is 3.40.